The predicted octanol–water partition coefficient (Wildman–Crippen LogP) is 6.02. The summed E-state index contributed by atoms with van der Waals surface area (Å²) in [6.45, 7) is 6.78. The Hall–Kier alpha value is -1.21. The molecule has 2 aliphatic rings. The summed E-state index contributed by atoms with van der Waals surface area (Å²) in [5.41, 5.74) is 6.95. The van der Waals surface area contributed by atoms with Crippen LogP contribution in [0.1, 0.15) is 52.0 Å². The van der Waals surface area contributed by atoms with Crippen LogP contribution in [0.15, 0.2) is 41.5 Å². The molecule has 0 aliphatic heterocycles. The highest BCUT2D eigenvalue weighted by atomic mass is 35.5. The first kappa shape index (κ1) is 15.7. The molecule has 1 atom stereocenters. The molecule has 0 bridgehead atoms. The van der Waals surface area contributed by atoms with Gasteiger partial charge in [0.25, 0.3) is 0 Å². The zero-order valence-corrected chi connectivity index (χ0v) is 14.6. The van der Waals surface area contributed by atoms with E-state index in [1.54, 1.807) is 0 Å². The summed E-state index contributed by atoms with van der Waals surface area (Å²) in [6.07, 6.45) is 6.97. The van der Waals surface area contributed by atoms with Gasteiger partial charge in [0.05, 0.1) is 0 Å². The van der Waals surface area contributed by atoms with Crippen LogP contribution in [-0.4, -0.2) is 11.4 Å². The highest BCUT2D eigenvalue weighted by Gasteiger charge is 2.23. The molecule has 2 heteroatoms. The number of nitrogens with one attached hydrogen (secondary N) is 1. The van der Waals surface area contributed by atoms with Crippen molar-refractivity contribution in [1.29, 1.82) is 0 Å². The van der Waals surface area contributed by atoms with Crippen molar-refractivity contribution in [2.45, 2.75) is 57.9 Å². The standard InChI is InChI=1S/C20H26ClN/c1-13-12-14(2)20(15(13)3)18-6-4-5-7-19(18)22-17-10-8-16(21)9-11-17/h4-7,12-13,16-17,22H,8-11H2,1-3H3. The van der Waals surface area contributed by atoms with Gasteiger partial charge in [-0.3, -0.25) is 0 Å². The van der Waals surface area contributed by atoms with Gasteiger partial charge in [0.15, 0.2) is 0 Å². The van der Waals surface area contributed by atoms with Crippen molar-refractivity contribution >= 4 is 22.9 Å². The van der Waals surface area contributed by atoms with Gasteiger partial charge in [-0.2, -0.15) is 0 Å². The minimum absolute atomic E-state index is 0.374. The Morgan fingerprint density at radius 1 is 1.05 bits per heavy atom. The van der Waals surface area contributed by atoms with Gasteiger partial charge in [-0.15, -0.1) is 11.6 Å². The van der Waals surface area contributed by atoms with Gasteiger partial charge >= 0.3 is 0 Å². The fourth-order valence-electron chi connectivity index (χ4n) is 3.79. The highest BCUT2D eigenvalue weighted by molar-refractivity contribution is 6.20. The molecule has 1 fully saturated rings. The van der Waals surface area contributed by atoms with Crippen LogP contribution in [0.3, 0.4) is 0 Å². The third kappa shape index (κ3) is 3.10. The quantitative estimate of drug-likeness (QED) is 0.673. The Labute approximate surface area is 139 Å². The molecule has 22 heavy (non-hydrogen) atoms. The van der Waals surface area contributed by atoms with E-state index in [-0.39, 0.29) is 0 Å². The number of anilines is 1. The fourth-order valence-corrected chi connectivity index (χ4v) is 4.04. The van der Waals surface area contributed by atoms with Crippen LogP contribution >= 0.6 is 11.6 Å². The number of hydrogen-bond acceptors (Lipinski definition) is 1. The summed E-state index contributed by atoms with van der Waals surface area (Å²) < 4.78 is 0. The fraction of sp³-hybridized carbons (Fsp3) is 0.500. The number of hydrogen-bond donors (Lipinski definition) is 1. The minimum atomic E-state index is 0.374. The number of benzene rings is 1. The number of rotatable bonds is 3. The van der Waals surface area contributed by atoms with Crippen LogP contribution in [0.25, 0.3) is 5.57 Å². The smallest absolute Gasteiger partial charge is 0.0422 e. The van der Waals surface area contributed by atoms with Crippen molar-refractivity contribution in [3.8, 4) is 0 Å². The van der Waals surface area contributed by atoms with E-state index in [0.29, 0.717) is 17.3 Å². The van der Waals surface area contributed by atoms with Crippen molar-refractivity contribution < 1.29 is 0 Å². The van der Waals surface area contributed by atoms with E-state index in [4.69, 9.17) is 11.6 Å². The van der Waals surface area contributed by atoms with Gasteiger partial charge < -0.3 is 5.32 Å². The van der Waals surface area contributed by atoms with Gasteiger partial charge in [0.2, 0.25) is 0 Å². The van der Waals surface area contributed by atoms with Gasteiger partial charge in [-0.25, -0.2) is 0 Å². The number of allylic oxidation sites excluding steroid dienone is 4. The van der Waals surface area contributed by atoms with Crippen LogP contribution in [0, 0.1) is 5.92 Å². The Bertz CT molecular complexity index is 606. The first-order valence-corrected chi connectivity index (χ1v) is 8.89. The molecule has 1 aromatic rings. The molecule has 3 rings (SSSR count). The topological polar surface area (TPSA) is 12.0 Å². The maximum atomic E-state index is 6.23. The predicted molar refractivity (Wildman–Crippen MR) is 97.5 cm³/mol. The maximum Gasteiger partial charge on any atom is 0.0422 e. The number of halogens is 1. The average molecular weight is 316 g/mol. The number of para-hydroxylation sites is 1. The van der Waals surface area contributed by atoms with Crippen LogP contribution in [0.2, 0.25) is 0 Å². The monoisotopic (exact) mass is 315 g/mol. The average Bonchev–Trinajstić information content (AvgIpc) is 2.75. The molecule has 1 nitrogen and oxygen atoms in total. The SMILES string of the molecule is CC1=CC(C)C(C)=C1c1ccccc1NC1CCC(Cl)CC1. The molecule has 118 valence electrons. The molecule has 0 amide bonds. The molecule has 1 saturated carbocycles. The van der Waals surface area contributed by atoms with Crippen LogP contribution in [-0.2, 0) is 0 Å². The lowest BCUT2D eigenvalue weighted by Crippen LogP contribution is -2.26. The highest BCUT2D eigenvalue weighted by Crippen LogP contribution is 2.40. The molecular weight excluding hydrogens is 290 g/mol. The third-order valence-electron chi connectivity index (χ3n) is 5.18. The summed E-state index contributed by atoms with van der Waals surface area (Å²) in [5, 5.41) is 4.16. The normalized spacial score (nSPS) is 28.7. The molecule has 0 saturated heterocycles. The lowest BCUT2D eigenvalue weighted by atomic mass is 9.92. The van der Waals surface area contributed by atoms with Crippen molar-refractivity contribution in [3.63, 3.8) is 0 Å². The zero-order chi connectivity index (χ0) is 15.7. The van der Waals surface area contributed by atoms with E-state index >= 15 is 0 Å². The summed E-state index contributed by atoms with van der Waals surface area (Å²) in [5.74, 6) is 0.551. The molecule has 1 N–H and O–H groups in total. The van der Waals surface area contributed by atoms with E-state index in [0.717, 1.165) is 12.8 Å². The Balaban J connectivity index is 1.87. The molecular formula is C20H26ClN. The van der Waals surface area contributed by atoms with E-state index in [9.17, 15) is 0 Å². The summed E-state index contributed by atoms with van der Waals surface area (Å²) in [6, 6.07) is 9.31. The van der Waals surface area contributed by atoms with E-state index in [1.807, 2.05) is 0 Å². The first-order valence-electron chi connectivity index (χ1n) is 8.46. The molecule has 0 heterocycles. The van der Waals surface area contributed by atoms with Crippen LogP contribution < -0.4 is 5.32 Å². The Morgan fingerprint density at radius 3 is 2.36 bits per heavy atom. The molecule has 1 aromatic carbocycles. The molecule has 1 unspecified atom stereocenters. The third-order valence-corrected chi connectivity index (χ3v) is 5.62. The van der Waals surface area contributed by atoms with E-state index in [2.05, 4.69) is 56.4 Å². The second-order valence-corrected chi connectivity index (χ2v) is 7.45. The molecule has 2 aliphatic carbocycles. The summed E-state index contributed by atoms with van der Waals surface area (Å²) >= 11 is 6.23. The number of alkyl halides is 1. The van der Waals surface area contributed by atoms with Gasteiger partial charge in [-0.1, -0.05) is 36.8 Å². The Morgan fingerprint density at radius 2 is 1.73 bits per heavy atom. The zero-order valence-electron chi connectivity index (χ0n) is 13.8. The van der Waals surface area contributed by atoms with Crippen molar-refractivity contribution in [1.82, 2.24) is 0 Å². The van der Waals surface area contributed by atoms with Crippen LogP contribution in [0.5, 0.6) is 0 Å². The lowest BCUT2D eigenvalue weighted by molar-refractivity contribution is 0.468. The lowest BCUT2D eigenvalue weighted by Gasteiger charge is -2.28. The minimum Gasteiger partial charge on any atom is -0.382 e. The van der Waals surface area contributed by atoms with Crippen molar-refractivity contribution in [3.05, 3.63) is 47.1 Å². The Kier molecular flexibility index (Phi) is 4.63. The summed E-state index contributed by atoms with van der Waals surface area (Å²) in [7, 11) is 0. The van der Waals surface area contributed by atoms with E-state index in [1.165, 1.54) is 40.8 Å². The molecule has 0 spiro atoms. The second kappa shape index (κ2) is 6.50. The van der Waals surface area contributed by atoms with Gasteiger partial charge in [-0.05, 0) is 62.7 Å². The van der Waals surface area contributed by atoms with Crippen molar-refractivity contribution in [2.24, 2.45) is 5.92 Å². The van der Waals surface area contributed by atoms with Gasteiger partial charge in [0.1, 0.15) is 0 Å². The summed E-state index contributed by atoms with van der Waals surface area (Å²) in [4.78, 5) is 0. The van der Waals surface area contributed by atoms with Crippen molar-refractivity contribution in [2.75, 3.05) is 5.32 Å². The largest absolute Gasteiger partial charge is 0.382 e. The second-order valence-electron chi connectivity index (χ2n) is 6.84. The van der Waals surface area contributed by atoms with Crippen LogP contribution in [0.4, 0.5) is 5.69 Å². The van der Waals surface area contributed by atoms with E-state index < -0.39 is 0 Å². The molecule has 0 aromatic heterocycles. The first-order chi connectivity index (χ1) is 10.6. The molecule has 0 radical (unpaired) electrons. The maximum absolute atomic E-state index is 6.23. The van der Waals surface area contributed by atoms with Gasteiger partial charge in [0, 0.05) is 22.7 Å².